The second-order valence-corrected chi connectivity index (χ2v) is 13.4. The highest BCUT2D eigenvalue weighted by atomic mass is 16.3. The molecule has 3 heterocycles. The van der Waals surface area contributed by atoms with Gasteiger partial charge in [0.15, 0.2) is 17.5 Å². The van der Waals surface area contributed by atoms with Crippen molar-refractivity contribution >= 4 is 60.5 Å². The summed E-state index contributed by atoms with van der Waals surface area (Å²) in [6, 6.07) is 48.3. The normalized spacial score (nSPS) is 12.8. The van der Waals surface area contributed by atoms with E-state index in [0.717, 1.165) is 79.3 Å². The molecule has 244 valence electrons. The summed E-state index contributed by atoms with van der Waals surface area (Å²) in [5, 5.41) is 7.91. The molecule has 5 heteroatoms. The first kappa shape index (κ1) is 28.9. The van der Waals surface area contributed by atoms with Gasteiger partial charge in [0.25, 0.3) is 0 Å². The molecule has 0 saturated heterocycles. The van der Waals surface area contributed by atoms with Crippen LogP contribution in [0.15, 0.2) is 154 Å². The second-order valence-electron chi connectivity index (χ2n) is 13.4. The first-order valence-corrected chi connectivity index (χ1v) is 17.7. The van der Waals surface area contributed by atoms with Crippen LogP contribution in [0.1, 0.15) is 17.7 Å². The molecule has 0 saturated carbocycles. The van der Waals surface area contributed by atoms with E-state index in [9.17, 15) is 0 Å². The van der Waals surface area contributed by atoms with Gasteiger partial charge in [0.1, 0.15) is 22.5 Å². The minimum Gasteiger partial charge on any atom is -0.456 e. The van der Waals surface area contributed by atoms with Gasteiger partial charge in [-0.15, -0.1) is 0 Å². The Morgan fingerprint density at radius 3 is 1.87 bits per heavy atom. The van der Waals surface area contributed by atoms with E-state index in [1.807, 2.05) is 48.5 Å². The fourth-order valence-corrected chi connectivity index (χ4v) is 8.02. The van der Waals surface area contributed by atoms with Crippen molar-refractivity contribution in [2.45, 2.75) is 12.8 Å². The average Bonchev–Trinajstić information content (AvgIpc) is 3.80. The summed E-state index contributed by atoms with van der Waals surface area (Å²) in [5.41, 5.74) is 8.72. The Bertz CT molecular complexity index is 3080. The highest BCUT2D eigenvalue weighted by molar-refractivity contribution is 6.19. The van der Waals surface area contributed by atoms with Gasteiger partial charge in [0, 0.05) is 38.4 Å². The van der Waals surface area contributed by atoms with E-state index < -0.39 is 0 Å². The lowest BCUT2D eigenvalue weighted by Gasteiger charge is -2.12. The van der Waals surface area contributed by atoms with E-state index in [1.165, 1.54) is 27.1 Å². The van der Waals surface area contributed by atoms with Gasteiger partial charge in [-0.1, -0.05) is 121 Å². The van der Waals surface area contributed by atoms with Crippen molar-refractivity contribution < 1.29 is 8.83 Å². The van der Waals surface area contributed by atoms with E-state index >= 15 is 0 Å². The molecule has 11 rings (SSSR count). The molecule has 5 nitrogen and oxygen atoms in total. The van der Waals surface area contributed by atoms with Crippen molar-refractivity contribution in [3.05, 3.63) is 157 Å². The third-order valence-corrected chi connectivity index (χ3v) is 10.4. The molecular weight excluding hydrogens is 639 g/mol. The van der Waals surface area contributed by atoms with Crippen LogP contribution in [0.2, 0.25) is 0 Å². The van der Waals surface area contributed by atoms with Crippen LogP contribution in [0.3, 0.4) is 0 Å². The van der Waals surface area contributed by atoms with E-state index in [-0.39, 0.29) is 0 Å². The molecule has 0 radical (unpaired) electrons. The zero-order valence-corrected chi connectivity index (χ0v) is 28.0. The zero-order chi connectivity index (χ0) is 34.2. The molecule has 0 unspecified atom stereocenters. The van der Waals surface area contributed by atoms with Crippen LogP contribution in [0.5, 0.6) is 0 Å². The number of furan rings is 2. The minimum absolute atomic E-state index is 0.592. The predicted octanol–water partition coefficient (Wildman–Crippen LogP) is 12.5. The summed E-state index contributed by atoms with van der Waals surface area (Å²) in [4.78, 5) is 15.5. The van der Waals surface area contributed by atoms with Crippen molar-refractivity contribution in [1.82, 2.24) is 15.0 Å². The molecule has 0 atom stereocenters. The lowest BCUT2D eigenvalue weighted by molar-refractivity contribution is 0.595. The number of fused-ring (bicyclic) bond motifs is 9. The van der Waals surface area contributed by atoms with Crippen molar-refractivity contribution in [2.75, 3.05) is 0 Å². The number of benzene rings is 7. The van der Waals surface area contributed by atoms with E-state index in [2.05, 4.69) is 103 Å². The number of hydrogen-bond donors (Lipinski definition) is 0. The molecule has 52 heavy (non-hydrogen) atoms. The van der Waals surface area contributed by atoms with Crippen LogP contribution >= 0.6 is 0 Å². The topological polar surface area (TPSA) is 65.0 Å². The van der Waals surface area contributed by atoms with Crippen molar-refractivity contribution in [1.29, 1.82) is 0 Å². The first-order chi connectivity index (χ1) is 25.8. The molecule has 3 aromatic heterocycles. The number of aryl methyl sites for hydroxylation is 1. The maximum Gasteiger partial charge on any atom is 0.164 e. The Labute approximate surface area is 298 Å². The van der Waals surface area contributed by atoms with Gasteiger partial charge in [-0.2, -0.15) is 0 Å². The minimum atomic E-state index is 0.592. The van der Waals surface area contributed by atoms with E-state index in [4.69, 9.17) is 23.8 Å². The fourth-order valence-electron chi connectivity index (χ4n) is 8.02. The summed E-state index contributed by atoms with van der Waals surface area (Å²) in [7, 11) is 0. The molecule has 0 bridgehead atoms. The zero-order valence-electron chi connectivity index (χ0n) is 28.0. The maximum atomic E-state index is 6.60. The third-order valence-electron chi connectivity index (χ3n) is 10.4. The Morgan fingerprint density at radius 2 is 1.06 bits per heavy atom. The summed E-state index contributed by atoms with van der Waals surface area (Å²) in [6.45, 7) is 0. The van der Waals surface area contributed by atoms with Crippen LogP contribution in [-0.4, -0.2) is 15.0 Å². The lowest BCUT2D eigenvalue weighted by Crippen LogP contribution is -2.00. The third kappa shape index (κ3) is 4.46. The average molecular weight is 668 g/mol. The predicted molar refractivity (Wildman–Crippen MR) is 211 cm³/mol. The van der Waals surface area contributed by atoms with Gasteiger partial charge in [0.2, 0.25) is 0 Å². The molecule has 10 aromatic rings. The SMILES string of the molecule is C1=Cc2oc3cccc(-c4cccc5oc6cccc(-c7nc(-c8ccccc8)nc(-c8ccc9ccc%10ccccc%10c9c8)n7)c6c45)c3c2CC1. The molecule has 0 aliphatic heterocycles. The standard InChI is InChI=1S/C47H29N3O2/c1-2-12-30(13-3-1)45-48-46(31-26-25-29-24-23-28-11-4-5-14-32(28)37(29)27-31)50-47(49-45)36-18-10-22-41-44(36)43-34(17-9-21-40(43)52-41)33-16-8-20-39-42(33)35-15-6-7-19-38(35)51-39/h1-5,7-14,16-27H,6,15H2. The molecule has 7 aromatic carbocycles. The Hall–Kier alpha value is -6.85. The summed E-state index contributed by atoms with van der Waals surface area (Å²) in [5.74, 6) is 2.78. The van der Waals surface area contributed by atoms with Crippen LogP contribution in [0.4, 0.5) is 0 Å². The summed E-state index contributed by atoms with van der Waals surface area (Å²) < 4.78 is 12.9. The van der Waals surface area contributed by atoms with Crippen molar-refractivity contribution in [3.8, 4) is 45.3 Å². The van der Waals surface area contributed by atoms with Gasteiger partial charge in [-0.25, -0.2) is 15.0 Å². The smallest absolute Gasteiger partial charge is 0.164 e. The molecular formula is C47H29N3O2. The van der Waals surface area contributed by atoms with Crippen molar-refractivity contribution in [3.63, 3.8) is 0 Å². The van der Waals surface area contributed by atoms with Crippen LogP contribution in [0.25, 0.3) is 106 Å². The molecule has 0 N–H and O–H groups in total. The quantitative estimate of drug-likeness (QED) is 0.175. The van der Waals surface area contributed by atoms with Gasteiger partial charge in [-0.3, -0.25) is 0 Å². The molecule has 1 aliphatic carbocycles. The first-order valence-electron chi connectivity index (χ1n) is 17.7. The maximum absolute atomic E-state index is 6.60. The molecule has 1 aliphatic rings. The largest absolute Gasteiger partial charge is 0.456 e. The van der Waals surface area contributed by atoms with E-state index in [0.29, 0.717) is 17.5 Å². The highest BCUT2D eigenvalue weighted by Crippen LogP contribution is 2.45. The Balaban J connectivity index is 1.18. The number of aromatic nitrogens is 3. The van der Waals surface area contributed by atoms with Gasteiger partial charge < -0.3 is 8.83 Å². The second kappa shape index (κ2) is 11.3. The van der Waals surface area contributed by atoms with Gasteiger partial charge in [-0.05, 0) is 75.9 Å². The molecule has 0 spiro atoms. The van der Waals surface area contributed by atoms with Crippen LogP contribution in [-0.2, 0) is 6.42 Å². The number of rotatable bonds is 4. The summed E-state index contributed by atoms with van der Waals surface area (Å²) in [6.07, 6.45) is 6.24. The van der Waals surface area contributed by atoms with Crippen molar-refractivity contribution in [2.24, 2.45) is 0 Å². The number of nitrogens with zero attached hydrogens (tertiary/aromatic N) is 3. The van der Waals surface area contributed by atoms with Gasteiger partial charge in [0.05, 0.1) is 0 Å². The fraction of sp³-hybridized carbons (Fsp3) is 0.0426. The van der Waals surface area contributed by atoms with E-state index in [1.54, 1.807) is 0 Å². The summed E-state index contributed by atoms with van der Waals surface area (Å²) >= 11 is 0. The monoisotopic (exact) mass is 667 g/mol. The lowest BCUT2D eigenvalue weighted by atomic mass is 9.91. The molecule has 0 fully saturated rings. The molecule has 0 amide bonds. The highest BCUT2D eigenvalue weighted by Gasteiger charge is 2.23. The van der Waals surface area contributed by atoms with Crippen LogP contribution in [0, 0.1) is 0 Å². The Kier molecular flexibility index (Phi) is 6.31. The van der Waals surface area contributed by atoms with Gasteiger partial charge >= 0.3 is 0 Å². The van der Waals surface area contributed by atoms with Crippen LogP contribution < -0.4 is 0 Å². The Morgan fingerprint density at radius 1 is 0.442 bits per heavy atom. The number of hydrogen-bond acceptors (Lipinski definition) is 5. The number of allylic oxidation sites excluding steroid dienone is 1.